The number of nitrogens with one attached hydrogen (secondary N) is 1. The van der Waals surface area contributed by atoms with Crippen LogP contribution in [0.3, 0.4) is 0 Å². The van der Waals surface area contributed by atoms with Gasteiger partial charge in [0.25, 0.3) is 0 Å². The van der Waals surface area contributed by atoms with E-state index >= 15 is 0 Å². The molecule has 5 aromatic rings. The van der Waals surface area contributed by atoms with Crippen molar-refractivity contribution in [1.82, 2.24) is 4.98 Å². The molecule has 0 aliphatic rings. The summed E-state index contributed by atoms with van der Waals surface area (Å²) in [6, 6.07) is 38.1. The maximum Gasteiger partial charge on any atom is 0.365 e. The minimum absolute atomic E-state index is 0.0685. The van der Waals surface area contributed by atoms with Crippen LogP contribution in [-0.2, 0) is 15.2 Å². The number of benzene rings is 4. The van der Waals surface area contributed by atoms with Crippen molar-refractivity contribution in [2.24, 2.45) is 5.16 Å². The fourth-order valence-corrected chi connectivity index (χ4v) is 5.04. The van der Waals surface area contributed by atoms with Gasteiger partial charge in [0, 0.05) is 5.38 Å². The number of anilines is 1. The summed E-state index contributed by atoms with van der Waals surface area (Å²) >= 11 is 1.23. The summed E-state index contributed by atoms with van der Waals surface area (Å²) in [5.74, 6) is -2.13. The summed E-state index contributed by atoms with van der Waals surface area (Å²) in [6.07, 6.45) is 0. The third-order valence-electron chi connectivity index (χ3n) is 6.09. The van der Waals surface area contributed by atoms with Crippen LogP contribution in [0.15, 0.2) is 132 Å². The van der Waals surface area contributed by atoms with Gasteiger partial charge in [-0.1, -0.05) is 114 Å². The monoisotopic (exact) mass is 533 g/mol. The normalized spacial score (nSPS) is 11.5. The molecule has 0 bridgehead atoms. The molecule has 0 atom stereocenters. The Morgan fingerprint density at radius 1 is 0.744 bits per heavy atom. The summed E-state index contributed by atoms with van der Waals surface area (Å²) < 4.78 is 0. The Bertz CT molecular complexity index is 1490. The molecule has 1 heterocycles. The number of hydrogen-bond donors (Lipinski definition) is 2. The van der Waals surface area contributed by atoms with Crippen molar-refractivity contribution in [3.8, 4) is 0 Å². The second kappa shape index (κ2) is 11.5. The van der Waals surface area contributed by atoms with Crippen LogP contribution in [0.25, 0.3) is 0 Å². The van der Waals surface area contributed by atoms with E-state index in [2.05, 4.69) is 15.5 Å². The van der Waals surface area contributed by atoms with Crippen LogP contribution in [-0.4, -0.2) is 27.7 Å². The molecule has 0 unspecified atom stereocenters. The van der Waals surface area contributed by atoms with Crippen molar-refractivity contribution in [3.05, 3.63) is 155 Å². The van der Waals surface area contributed by atoms with Gasteiger partial charge in [0.05, 0.1) is 5.56 Å². The summed E-state index contributed by atoms with van der Waals surface area (Å²) in [4.78, 5) is 33.8. The first-order valence-corrected chi connectivity index (χ1v) is 12.9. The quantitative estimate of drug-likeness (QED) is 0.101. The molecule has 192 valence electrons. The van der Waals surface area contributed by atoms with Crippen molar-refractivity contribution < 1.29 is 19.5 Å². The largest absolute Gasteiger partial charge is 0.476 e. The zero-order valence-corrected chi connectivity index (χ0v) is 21.4. The summed E-state index contributed by atoms with van der Waals surface area (Å²) in [6.45, 7) is 0. The second-order valence-corrected chi connectivity index (χ2v) is 9.36. The molecule has 39 heavy (non-hydrogen) atoms. The number of carboxylic acid groups (broad SMARTS) is 1. The van der Waals surface area contributed by atoms with E-state index in [4.69, 9.17) is 4.84 Å². The van der Waals surface area contributed by atoms with Crippen LogP contribution in [0.5, 0.6) is 0 Å². The van der Waals surface area contributed by atoms with Crippen molar-refractivity contribution in [3.63, 3.8) is 0 Å². The number of rotatable bonds is 9. The van der Waals surface area contributed by atoms with E-state index in [1.54, 1.807) is 35.7 Å². The van der Waals surface area contributed by atoms with E-state index in [0.29, 0.717) is 5.13 Å². The first-order valence-electron chi connectivity index (χ1n) is 12.1. The van der Waals surface area contributed by atoms with Gasteiger partial charge < -0.3 is 15.3 Å². The van der Waals surface area contributed by atoms with Crippen molar-refractivity contribution >= 4 is 34.1 Å². The van der Waals surface area contributed by atoms with E-state index < -0.39 is 23.2 Å². The fourth-order valence-electron chi connectivity index (χ4n) is 4.29. The number of carboxylic acids is 1. The van der Waals surface area contributed by atoms with Crippen LogP contribution in [0.4, 0.5) is 5.13 Å². The number of aromatic nitrogens is 1. The zero-order valence-electron chi connectivity index (χ0n) is 20.6. The molecule has 0 fully saturated rings. The Balaban J connectivity index is 1.55. The van der Waals surface area contributed by atoms with Gasteiger partial charge in [0.15, 0.2) is 5.13 Å². The molecule has 0 radical (unpaired) electrons. The number of carbonyl (C=O) groups excluding carboxylic acids is 1. The standard InChI is InChI=1S/C31H23N3O4S/c35-28(36)27(34-38-29(37)22-13-5-1-6-14-22)26-21-39-30(32-26)33-31(23-15-7-2-8-16-23,24-17-9-3-10-18-24)25-19-11-4-12-20-25/h1-21H,(H,32,33)(H,35,36). The van der Waals surface area contributed by atoms with Crippen LogP contribution >= 0.6 is 11.3 Å². The van der Waals surface area contributed by atoms with E-state index in [9.17, 15) is 14.7 Å². The Kier molecular flexibility index (Phi) is 7.56. The number of hydrogen-bond acceptors (Lipinski definition) is 7. The molecule has 1 aromatic heterocycles. The predicted octanol–water partition coefficient (Wildman–Crippen LogP) is 6.19. The van der Waals surface area contributed by atoms with Crippen molar-refractivity contribution in [2.45, 2.75) is 5.54 Å². The second-order valence-electron chi connectivity index (χ2n) is 8.50. The molecule has 0 aliphatic heterocycles. The van der Waals surface area contributed by atoms with Crippen molar-refractivity contribution in [1.29, 1.82) is 0 Å². The maximum absolute atomic E-state index is 12.3. The Morgan fingerprint density at radius 2 is 1.21 bits per heavy atom. The lowest BCUT2D eigenvalue weighted by Gasteiger charge is -2.36. The fraction of sp³-hybridized carbons (Fsp3) is 0.0323. The highest BCUT2D eigenvalue weighted by Gasteiger charge is 2.37. The molecule has 0 spiro atoms. The summed E-state index contributed by atoms with van der Waals surface area (Å²) in [7, 11) is 0. The molecular weight excluding hydrogens is 510 g/mol. The molecule has 7 nitrogen and oxygen atoms in total. The zero-order chi connectivity index (χ0) is 27.1. The first kappa shape index (κ1) is 25.6. The van der Waals surface area contributed by atoms with Crippen LogP contribution < -0.4 is 5.32 Å². The Hall–Kier alpha value is -5.08. The number of thiazole rings is 1. The van der Waals surface area contributed by atoms with E-state index in [-0.39, 0.29) is 11.3 Å². The molecule has 5 rings (SSSR count). The number of aliphatic carboxylic acids is 1. The minimum Gasteiger partial charge on any atom is -0.476 e. The highest BCUT2D eigenvalue weighted by molar-refractivity contribution is 7.14. The third kappa shape index (κ3) is 5.46. The van der Waals surface area contributed by atoms with Crippen LogP contribution in [0.2, 0.25) is 0 Å². The number of nitrogens with zero attached hydrogens (tertiary/aromatic N) is 2. The number of oxime groups is 1. The van der Waals surface area contributed by atoms with Gasteiger partial charge in [-0.15, -0.1) is 11.3 Å². The minimum atomic E-state index is -1.37. The Labute approximate surface area is 229 Å². The highest BCUT2D eigenvalue weighted by atomic mass is 32.1. The third-order valence-corrected chi connectivity index (χ3v) is 6.85. The lowest BCUT2D eigenvalue weighted by atomic mass is 9.77. The van der Waals surface area contributed by atoms with Gasteiger partial charge in [-0.3, -0.25) is 0 Å². The lowest BCUT2D eigenvalue weighted by molar-refractivity contribution is -0.129. The molecule has 4 aromatic carbocycles. The Morgan fingerprint density at radius 3 is 1.67 bits per heavy atom. The van der Waals surface area contributed by atoms with Gasteiger partial charge in [0.1, 0.15) is 11.2 Å². The summed E-state index contributed by atoms with van der Waals surface area (Å²) in [5, 5.41) is 19.1. The molecule has 0 saturated carbocycles. The topological polar surface area (TPSA) is 101 Å². The van der Waals surface area contributed by atoms with Gasteiger partial charge in [0.2, 0.25) is 5.71 Å². The van der Waals surface area contributed by atoms with Gasteiger partial charge in [-0.2, -0.15) is 0 Å². The van der Waals surface area contributed by atoms with Crippen LogP contribution in [0.1, 0.15) is 32.7 Å². The van der Waals surface area contributed by atoms with Gasteiger partial charge >= 0.3 is 11.9 Å². The van der Waals surface area contributed by atoms with Crippen LogP contribution in [0, 0.1) is 0 Å². The maximum atomic E-state index is 12.3. The molecule has 0 saturated heterocycles. The highest BCUT2D eigenvalue weighted by Crippen LogP contribution is 2.40. The van der Waals surface area contributed by atoms with E-state index in [1.165, 1.54) is 11.3 Å². The van der Waals surface area contributed by atoms with E-state index in [1.807, 2.05) is 91.0 Å². The number of carbonyl (C=O) groups is 2. The van der Waals surface area contributed by atoms with Crippen molar-refractivity contribution in [2.75, 3.05) is 5.32 Å². The smallest absolute Gasteiger partial charge is 0.365 e. The average Bonchev–Trinajstić information content (AvgIpc) is 3.45. The predicted molar refractivity (Wildman–Crippen MR) is 151 cm³/mol. The average molecular weight is 534 g/mol. The molecule has 8 heteroatoms. The van der Waals surface area contributed by atoms with Gasteiger partial charge in [-0.05, 0) is 28.8 Å². The SMILES string of the molecule is O=C(O)C(=NOC(=O)c1ccccc1)c1csc(NC(c2ccccc2)(c2ccccc2)c2ccccc2)n1. The summed E-state index contributed by atoms with van der Waals surface area (Å²) in [5.41, 5.74) is 1.94. The molecular formula is C31H23N3O4S. The molecule has 0 aliphatic carbocycles. The first-order chi connectivity index (χ1) is 19.1. The lowest BCUT2D eigenvalue weighted by Crippen LogP contribution is -2.38. The van der Waals surface area contributed by atoms with Gasteiger partial charge in [-0.25, -0.2) is 14.6 Å². The molecule has 0 amide bonds. The molecule has 2 N–H and O–H groups in total. The van der Waals surface area contributed by atoms with E-state index in [0.717, 1.165) is 16.7 Å².